The molecule has 0 amide bonds. The van der Waals surface area contributed by atoms with Gasteiger partial charge in [-0.05, 0) is 13.3 Å². The zero-order valence-electron chi connectivity index (χ0n) is 7.56. The van der Waals surface area contributed by atoms with Gasteiger partial charge in [0.05, 0.1) is 18.0 Å². The molecule has 0 aliphatic carbocycles. The number of aliphatic carboxylic acids is 1. The number of thioether (sulfide) groups is 1. The molecule has 0 aromatic carbocycles. The van der Waals surface area contributed by atoms with E-state index in [1.165, 1.54) is 11.8 Å². The van der Waals surface area contributed by atoms with E-state index in [-0.39, 0.29) is 11.4 Å². The van der Waals surface area contributed by atoms with Crippen molar-refractivity contribution >= 4 is 17.7 Å². The quantitative estimate of drug-likeness (QED) is 0.742. The average molecular weight is 206 g/mol. The topological polar surface area (TPSA) is 55.8 Å². The fourth-order valence-electron chi connectivity index (χ4n) is 0.956. The number of rotatable bonds is 4. The first-order valence-electron chi connectivity index (χ1n) is 4.24. The molecule has 0 radical (unpaired) electrons. The second-order valence-electron chi connectivity index (χ2n) is 2.92. The molecule has 5 heteroatoms. The summed E-state index contributed by atoms with van der Waals surface area (Å²) in [7, 11) is 0. The van der Waals surface area contributed by atoms with Crippen LogP contribution >= 0.6 is 11.8 Å². The Labute approximate surface area is 81.6 Å². The normalized spacial score (nSPS) is 25.5. The molecule has 0 aromatic rings. The van der Waals surface area contributed by atoms with Gasteiger partial charge in [-0.2, -0.15) is 0 Å². The summed E-state index contributed by atoms with van der Waals surface area (Å²) in [5, 5.41) is 8.27. The molecule has 2 unspecified atom stereocenters. The highest BCUT2D eigenvalue weighted by molar-refractivity contribution is 8.00. The third-order valence-electron chi connectivity index (χ3n) is 1.85. The first-order chi connectivity index (χ1) is 6.20. The predicted octanol–water partition coefficient (Wildman–Crippen LogP) is 0.956. The molecule has 1 saturated heterocycles. The maximum atomic E-state index is 10.5. The van der Waals surface area contributed by atoms with Gasteiger partial charge in [-0.15, -0.1) is 11.8 Å². The molecule has 4 nitrogen and oxygen atoms in total. The van der Waals surface area contributed by atoms with Crippen molar-refractivity contribution in [2.45, 2.75) is 24.7 Å². The minimum Gasteiger partial charge on any atom is -0.480 e. The van der Waals surface area contributed by atoms with Crippen molar-refractivity contribution in [3.63, 3.8) is 0 Å². The molecule has 0 spiro atoms. The van der Waals surface area contributed by atoms with Gasteiger partial charge in [0, 0.05) is 5.75 Å². The van der Waals surface area contributed by atoms with E-state index in [1.807, 2.05) is 0 Å². The Balaban J connectivity index is 2.13. The van der Waals surface area contributed by atoms with Crippen molar-refractivity contribution in [3.05, 3.63) is 0 Å². The summed E-state index contributed by atoms with van der Waals surface area (Å²) >= 11 is 1.41. The van der Waals surface area contributed by atoms with E-state index >= 15 is 0 Å². The molecule has 0 bridgehead atoms. The van der Waals surface area contributed by atoms with Crippen LogP contribution in [0.5, 0.6) is 0 Å². The SMILES string of the molecule is CC(SCC1CCOCO1)C(=O)O. The predicted molar refractivity (Wildman–Crippen MR) is 49.9 cm³/mol. The molecule has 1 aliphatic rings. The maximum absolute atomic E-state index is 10.5. The van der Waals surface area contributed by atoms with Gasteiger partial charge < -0.3 is 14.6 Å². The van der Waals surface area contributed by atoms with Gasteiger partial charge in [0.1, 0.15) is 6.79 Å². The van der Waals surface area contributed by atoms with Gasteiger partial charge in [0.15, 0.2) is 0 Å². The zero-order valence-corrected chi connectivity index (χ0v) is 8.38. The van der Waals surface area contributed by atoms with Crippen LogP contribution in [0.2, 0.25) is 0 Å². The lowest BCUT2D eigenvalue weighted by molar-refractivity contribution is -0.136. The highest BCUT2D eigenvalue weighted by atomic mass is 32.2. The van der Waals surface area contributed by atoms with Crippen molar-refractivity contribution in [1.82, 2.24) is 0 Å². The third-order valence-corrected chi connectivity index (χ3v) is 3.12. The molecule has 0 aromatic heterocycles. The number of ether oxygens (including phenoxy) is 2. The lowest BCUT2D eigenvalue weighted by Gasteiger charge is -2.22. The summed E-state index contributed by atoms with van der Waals surface area (Å²) < 4.78 is 10.3. The molecular weight excluding hydrogens is 192 g/mol. The van der Waals surface area contributed by atoms with Crippen LogP contribution in [-0.2, 0) is 14.3 Å². The lowest BCUT2D eigenvalue weighted by atomic mass is 10.3. The lowest BCUT2D eigenvalue weighted by Crippen LogP contribution is -2.27. The highest BCUT2D eigenvalue weighted by Gasteiger charge is 2.18. The molecule has 2 atom stereocenters. The van der Waals surface area contributed by atoms with Gasteiger partial charge >= 0.3 is 5.97 Å². The monoisotopic (exact) mass is 206 g/mol. The summed E-state index contributed by atoms with van der Waals surface area (Å²) in [6.45, 7) is 2.74. The number of hydrogen-bond acceptors (Lipinski definition) is 4. The summed E-state index contributed by atoms with van der Waals surface area (Å²) in [6, 6.07) is 0. The first kappa shape index (κ1) is 10.8. The Kier molecular flexibility index (Phi) is 4.55. The fourth-order valence-corrected chi connectivity index (χ4v) is 1.86. The number of carboxylic acids is 1. The molecule has 76 valence electrons. The van der Waals surface area contributed by atoms with Gasteiger partial charge in [0.25, 0.3) is 0 Å². The van der Waals surface area contributed by atoms with Crippen molar-refractivity contribution < 1.29 is 19.4 Å². The Morgan fingerprint density at radius 1 is 1.77 bits per heavy atom. The fraction of sp³-hybridized carbons (Fsp3) is 0.875. The highest BCUT2D eigenvalue weighted by Crippen LogP contribution is 2.17. The zero-order chi connectivity index (χ0) is 9.68. The van der Waals surface area contributed by atoms with Crippen LogP contribution in [-0.4, -0.2) is 41.6 Å². The molecule has 1 N–H and O–H groups in total. The molecule has 13 heavy (non-hydrogen) atoms. The van der Waals surface area contributed by atoms with E-state index in [1.54, 1.807) is 6.92 Å². The molecule has 1 rings (SSSR count). The standard InChI is InChI=1S/C8H14O4S/c1-6(8(9)10)13-4-7-2-3-11-5-12-7/h6-7H,2-5H2,1H3,(H,9,10). The Morgan fingerprint density at radius 3 is 3.08 bits per heavy atom. The van der Waals surface area contributed by atoms with E-state index in [9.17, 15) is 4.79 Å². The van der Waals surface area contributed by atoms with Crippen LogP contribution in [0.15, 0.2) is 0 Å². The summed E-state index contributed by atoms with van der Waals surface area (Å²) in [5.41, 5.74) is 0. The van der Waals surface area contributed by atoms with Crippen molar-refractivity contribution in [2.24, 2.45) is 0 Å². The maximum Gasteiger partial charge on any atom is 0.316 e. The van der Waals surface area contributed by atoms with E-state index in [0.717, 1.165) is 12.2 Å². The van der Waals surface area contributed by atoms with Crippen LogP contribution in [0, 0.1) is 0 Å². The van der Waals surface area contributed by atoms with E-state index in [4.69, 9.17) is 14.6 Å². The van der Waals surface area contributed by atoms with Crippen LogP contribution in [0.25, 0.3) is 0 Å². The van der Waals surface area contributed by atoms with E-state index in [0.29, 0.717) is 13.4 Å². The minimum absolute atomic E-state index is 0.153. The second-order valence-corrected chi connectivity index (χ2v) is 4.29. The molecule has 1 aliphatic heterocycles. The van der Waals surface area contributed by atoms with Crippen LogP contribution in [0.1, 0.15) is 13.3 Å². The summed E-state index contributed by atoms with van der Waals surface area (Å²) in [4.78, 5) is 10.5. The molecular formula is C8H14O4S. The van der Waals surface area contributed by atoms with Crippen LogP contribution in [0.3, 0.4) is 0 Å². The summed E-state index contributed by atoms with van der Waals surface area (Å²) in [5.74, 6) is -0.0336. The number of hydrogen-bond donors (Lipinski definition) is 1. The minimum atomic E-state index is -0.767. The second kappa shape index (κ2) is 5.47. The van der Waals surface area contributed by atoms with Gasteiger partial charge in [-0.3, -0.25) is 4.79 Å². The number of carboxylic acid groups (broad SMARTS) is 1. The van der Waals surface area contributed by atoms with Crippen LogP contribution in [0.4, 0.5) is 0 Å². The molecule has 1 fully saturated rings. The van der Waals surface area contributed by atoms with E-state index in [2.05, 4.69) is 0 Å². The first-order valence-corrected chi connectivity index (χ1v) is 5.29. The van der Waals surface area contributed by atoms with Gasteiger partial charge in [0.2, 0.25) is 0 Å². The Hall–Kier alpha value is -0.260. The van der Waals surface area contributed by atoms with Crippen LogP contribution < -0.4 is 0 Å². The van der Waals surface area contributed by atoms with Crippen molar-refractivity contribution in [1.29, 1.82) is 0 Å². The van der Waals surface area contributed by atoms with Crippen molar-refractivity contribution in [3.8, 4) is 0 Å². The molecule has 0 saturated carbocycles. The van der Waals surface area contributed by atoms with Gasteiger partial charge in [-0.1, -0.05) is 0 Å². The van der Waals surface area contributed by atoms with Gasteiger partial charge in [-0.25, -0.2) is 0 Å². The third kappa shape index (κ3) is 3.97. The molecule has 1 heterocycles. The number of carbonyl (C=O) groups is 1. The van der Waals surface area contributed by atoms with Crippen molar-refractivity contribution in [2.75, 3.05) is 19.2 Å². The van der Waals surface area contributed by atoms with E-state index < -0.39 is 5.97 Å². The average Bonchev–Trinajstić information content (AvgIpc) is 2.15. The smallest absolute Gasteiger partial charge is 0.316 e. The Morgan fingerprint density at radius 2 is 2.54 bits per heavy atom. The largest absolute Gasteiger partial charge is 0.480 e. The summed E-state index contributed by atoms with van der Waals surface area (Å²) in [6.07, 6.45) is 1.01. The Bertz CT molecular complexity index is 168.